The van der Waals surface area contributed by atoms with Crippen molar-refractivity contribution in [1.82, 2.24) is 15.6 Å². The van der Waals surface area contributed by atoms with E-state index in [4.69, 9.17) is 4.74 Å². The van der Waals surface area contributed by atoms with Crippen molar-refractivity contribution in [1.29, 1.82) is 0 Å². The Kier molecular flexibility index (Phi) is 9.65. The van der Waals surface area contributed by atoms with Gasteiger partial charge in [0.2, 0.25) is 0 Å². The van der Waals surface area contributed by atoms with Gasteiger partial charge in [0, 0.05) is 23.0 Å². The number of unbranched alkanes of at least 4 members (excludes halogenated alkanes) is 2. The fraction of sp³-hybridized carbons (Fsp3) is 0.414. The van der Waals surface area contributed by atoms with Crippen molar-refractivity contribution in [2.75, 3.05) is 0 Å². The highest BCUT2D eigenvalue weighted by Gasteiger charge is 2.25. The summed E-state index contributed by atoms with van der Waals surface area (Å²) < 4.78 is 19.2. The van der Waals surface area contributed by atoms with Crippen molar-refractivity contribution < 1.29 is 18.7 Å². The molecule has 1 aliphatic carbocycles. The van der Waals surface area contributed by atoms with Gasteiger partial charge in [0.15, 0.2) is 11.6 Å². The fourth-order valence-corrected chi connectivity index (χ4v) is 5.18. The Balaban J connectivity index is 1.18. The first kappa shape index (κ1) is 26.8. The molecular weight excluding hydrogens is 489 g/mol. The number of aryl methyl sites for hydroxylation is 1. The van der Waals surface area contributed by atoms with Crippen molar-refractivity contribution in [3.8, 4) is 5.75 Å². The first-order valence-corrected chi connectivity index (χ1v) is 13.9. The number of thiazole rings is 1. The van der Waals surface area contributed by atoms with E-state index in [-0.39, 0.29) is 36.3 Å². The minimum atomic E-state index is -0.431. The van der Waals surface area contributed by atoms with Crippen LogP contribution in [-0.4, -0.2) is 28.9 Å². The molecule has 0 saturated heterocycles. The summed E-state index contributed by atoms with van der Waals surface area (Å²) in [6.45, 7) is 2.30. The topological polar surface area (TPSA) is 80.3 Å². The number of carbonyl (C=O) groups excluding carboxylic acids is 2. The first-order chi connectivity index (χ1) is 18.0. The van der Waals surface area contributed by atoms with Crippen molar-refractivity contribution in [3.63, 3.8) is 0 Å². The second-order valence-electron chi connectivity index (χ2n) is 9.50. The van der Waals surface area contributed by atoms with E-state index >= 15 is 0 Å². The standard InChI is InChI=1S/C29H34FN3O3S/c1-2-3-4-7-20-10-12-21(13-11-20)28(34)31-22-14-16-23(17-15-22)32-29(35)25-19-37-27(33-25)18-36-26-9-6-5-8-24(26)30/h5-6,8-13,19,22-23H,2-4,7,14-18H2,1H3,(H,31,34)(H,32,35). The maximum absolute atomic E-state index is 13.7. The number of halogens is 1. The summed E-state index contributed by atoms with van der Waals surface area (Å²) in [6.07, 6.45) is 7.86. The number of nitrogens with zero attached hydrogens (tertiary/aromatic N) is 1. The number of para-hydroxylation sites is 1. The largest absolute Gasteiger partial charge is 0.483 e. The highest BCUT2D eigenvalue weighted by Crippen LogP contribution is 2.21. The van der Waals surface area contributed by atoms with Crippen LogP contribution in [0.5, 0.6) is 5.75 Å². The third-order valence-corrected chi connectivity index (χ3v) is 7.48. The average Bonchev–Trinajstić information content (AvgIpc) is 3.39. The minimum Gasteiger partial charge on any atom is -0.483 e. The lowest BCUT2D eigenvalue weighted by Crippen LogP contribution is -2.43. The summed E-state index contributed by atoms with van der Waals surface area (Å²) in [5.41, 5.74) is 2.30. The van der Waals surface area contributed by atoms with Crippen LogP contribution in [0, 0.1) is 5.82 Å². The number of rotatable bonds is 11. The van der Waals surface area contributed by atoms with Crippen LogP contribution in [0.4, 0.5) is 4.39 Å². The number of nitrogens with one attached hydrogen (secondary N) is 2. The Morgan fingerprint density at radius 1 is 0.973 bits per heavy atom. The lowest BCUT2D eigenvalue weighted by Gasteiger charge is -2.29. The lowest BCUT2D eigenvalue weighted by atomic mass is 9.91. The summed E-state index contributed by atoms with van der Waals surface area (Å²) >= 11 is 1.31. The lowest BCUT2D eigenvalue weighted by molar-refractivity contribution is 0.0889. The van der Waals surface area contributed by atoms with Gasteiger partial charge in [-0.15, -0.1) is 11.3 Å². The number of benzene rings is 2. The molecule has 8 heteroatoms. The highest BCUT2D eigenvalue weighted by atomic mass is 32.1. The third kappa shape index (κ3) is 7.86. The third-order valence-electron chi connectivity index (χ3n) is 6.65. The van der Waals surface area contributed by atoms with Gasteiger partial charge in [-0.2, -0.15) is 0 Å². The maximum Gasteiger partial charge on any atom is 0.270 e. The van der Waals surface area contributed by atoms with Gasteiger partial charge in [0.25, 0.3) is 11.8 Å². The molecule has 2 aromatic carbocycles. The molecule has 1 fully saturated rings. The smallest absolute Gasteiger partial charge is 0.270 e. The summed E-state index contributed by atoms with van der Waals surface area (Å²) in [7, 11) is 0. The van der Waals surface area contributed by atoms with Gasteiger partial charge in [-0.1, -0.05) is 44.0 Å². The Morgan fingerprint density at radius 3 is 2.32 bits per heavy atom. The van der Waals surface area contributed by atoms with Gasteiger partial charge in [-0.3, -0.25) is 9.59 Å². The van der Waals surface area contributed by atoms with Gasteiger partial charge in [-0.25, -0.2) is 9.37 Å². The second-order valence-corrected chi connectivity index (χ2v) is 10.4. The number of hydrogen-bond donors (Lipinski definition) is 2. The van der Waals surface area contributed by atoms with Crippen LogP contribution >= 0.6 is 11.3 Å². The van der Waals surface area contributed by atoms with Crippen LogP contribution in [0.15, 0.2) is 53.9 Å². The first-order valence-electron chi connectivity index (χ1n) is 13.0. The Bertz CT molecular complexity index is 1170. The minimum absolute atomic E-state index is 0.0415. The van der Waals surface area contributed by atoms with Crippen LogP contribution in [-0.2, 0) is 13.0 Å². The number of ether oxygens (including phenoxy) is 1. The van der Waals surface area contributed by atoms with E-state index in [1.54, 1.807) is 23.6 Å². The van der Waals surface area contributed by atoms with Crippen LogP contribution in [0.1, 0.15) is 83.3 Å². The zero-order valence-electron chi connectivity index (χ0n) is 21.2. The highest BCUT2D eigenvalue weighted by molar-refractivity contribution is 7.09. The molecule has 1 aromatic heterocycles. The van der Waals surface area contributed by atoms with E-state index in [1.807, 2.05) is 24.3 Å². The van der Waals surface area contributed by atoms with Crippen molar-refractivity contribution in [3.05, 3.63) is 81.6 Å². The van der Waals surface area contributed by atoms with E-state index < -0.39 is 5.82 Å². The molecule has 2 amide bonds. The van der Waals surface area contributed by atoms with Crippen LogP contribution < -0.4 is 15.4 Å². The molecule has 37 heavy (non-hydrogen) atoms. The molecule has 1 heterocycles. The molecule has 0 spiro atoms. The molecule has 1 aliphatic rings. The molecule has 4 rings (SSSR count). The molecule has 0 radical (unpaired) electrons. The average molecular weight is 524 g/mol. The van der Waals surface area contributed by atoms with Gasteiger partial charge >= 0.3 is 0 Å². The van der Waals surface area contributed by atoms with Crippen molar-refractivity contribution >= 4 is 23.2 Å². The van der Waals surface area contributed by atoms with Gasteiger partial charge in [0.1, 0.15) is 17.3 Å². The molecule has 0 aliphatic heterocycles. The van der Waals surface area contributed by atoms with Crippen LogP contribution in [0.2, 0.25) is 0 Å². The van der Waals surface area contributed by atoms with E-state index in [9.17, 15) is 14.0 Å². The van der Waals surface area contributed by atoms with E-state index in [1.165, 1.54) is 42.2 Å². The summed E-state index contributed by atoms with van der Waals surface area (Å²) in [5.74, 6) is -0.536. The molecule has 0 bridgehead atoms. The number of carbonyl (C=O) groups is 2. The van der Waals surface area contributed by atoms with Crippen LogP contribution in [0.3, 0.4) is 0 Å². The number of hydrogen-bond acceptors (Lipinski definition) is 5. The van der Waals surface area contributed by atoms with Crippen molar-refractivity contribution in [2.45, 2.75) is 77.0 Å². The van der Waals surface area contributed by atoms with Gasteiger partial charge in [0.05, 0.1) is 0 Å². The Hall–Kier alpha value is -3.26. The maximum atomic E-state index is 13.7. The fourth-order valence-electron chi connectivity index (χ4n) is 4.49. The second kappa shape index (κ2) is 13.3. The Labute approximate surface area is 221 Å². The predicted octanol–water partition coefficient (Wildman–Crippen LogP) is 6.06. The SMILES string of the molecule is CCCCCc1ccc(C(=O)NC2CCC(NC(=O)c3csc(COc4ccccc4F)n3)CC2)cc1. The summed E-state index contributed by atoms with van der Waals surface area (Å²) in [6, 6.07) is 14.3. The zero-order valence-corrected chi connectivity index (χ0v) is 22.0. The molecule has 6 nitrogen and oxygen atoms in total. The molecule has 0 unspecified atom stereocenters. The summed E-state index contributed by atoms with van der Waals surface area (Å²) in [4.78, 5) is 29.7. The molecule has 0 atom stereocenters. The Morgan fingerprint density at radius 2 is 1.65 bits per heavy atom. The molecule has 2 N–H and O–H groups in total. The van der Waals surface area contributed by atoms with Gasteiger partial charge < -0.3 is 15.4 Å². The zero-order chi connectivity index (χ0) is 26.0. The molecule has 196 valence electrons. The number of aromatic nitrogens is 1. The molecule has 1 saturated carbocycles. The monoisotopic (exact) mass is 523 g/mol. The normalized spacial score (nSPS) is 17.2. The quantitative estimate of drug-likeness (QED) is 0.299. The van der Waals surface area contributed by atoms with E-state index in [0.29, 0.717) is 16.3 Å². The van der Waals surface area contributed by atoms with Crippen molar-refractivity contribution in [2.24, 2.45) is 0 Å². The summed E-state index contributed by atoms with van der Waals surface area (Å²) in [5, 5.41) is 8.50. The molecule has 3 aromatic rings. The predicted molar refractivity (Wildman–Crippen MR) is 143 cm³/mol. The number of amides is 2. The van der Waals surface area contributed by atoms with Gasteiger partial charge in [-0.05, 0) is 68.4 Å². The van der Waals surface area contributed by atoms with E-state index in [2.05, 4.69) is 22.5 Å². The molecular formula is C29H34FN3O3S. The van der Waals surface area contributed by atoms with E-state index in [0.717, 1.165) is 32.1 Å². The van der Waals surface area contributed by atoms with Crippen LogP contribution in [0.25, 0.3) is 0 Å².